The molecule has 2 bridgehead atoms. The summed E-state index contributed by atoms with van der Waals surface area (Å²) in [6.07, 6.45) is 9.22. The van der Waals surface area contributed by atoms with E-state index in [2.05, 4.69) is 13.0 Å². The van der Waals surface area contributed by atoms with Gasteiger partial charge >= 0.3 is 0 Å². The first kappa shape index (κ1) is 7.78. The van der Waals surface area contributed by atoms with Crippen molar-refractivity contribution in [2.45, 2.75) is 45.4 Å². The van der Waals surface area contributed by atoms with Crippen LogP contribution < -0.4 is 0 Å². The van der Waals surface area contributed by atoms with Crippen molar-refractivity contribution < 1.29 is 4.79 Å². The number of ketones is 1. The van der Waals surface area contributed by atoms with Crippen molar-refractivity contribution in [1.29, 1.82) is 0 Å². The molecule has 0 amide bonds. The predicted molar refractivity (Wildman–Crippen MR) is 51.3 cm³/mol. The number of hydrogen-bond acceptors (Lipinski definition) is 1. The van der Waals surface area contributed by atoms with Gasteiger partial charge in [0, 0.05) is 11.8 Å². The third-order valence-electron chi connectivity index (χ3n) is 4.41. The van der Waals surface area contributed by atoms with Crippen LogP contribution >= 0.6 is 0 Å². The number of carbonyl (C=O) groups excluding carboxylic acids is 1. The minimum atomic E-state index is 0.0533. The van der Waals surface area contributed by atoms with Gasteiger partial charge < -0.3 is 0 Å². The van der Waals surface area contributed by atoms with Crippen molar-refractivity contribution in [3.05, 3.63) is 11.6 Å². The molecule has 2 saturated carbocycles. The van der Waals surface area contributed by atoms with Crippen LogP contribution in [0.15, 0.2) is 11.6 Å². The van der Waals surface area contributed by atoms with E-state index >= 15 is 0 Å². The Kier molecular flexibility index (Phi) is 1.24. The van der Waals surface area contributed by atoms with Crippen molar-refractivity contribution >= 4 is 5.78 Å². The van der Waals surface area contributed by atoms with Gasteiger partial charge in [-0.1, -0.05) is 18.6 Å². The summed E-state index contributed by atoms with van der Waals surface area (Å²) < 4.78 is 0. The summed E-state index contributed by atoms with van der Waals surface area (Å²) in [5.41, 5.74) is 1.79. The molecule has 0 aliphatic heterocycles. The summed E-state index contributed by atoms with van der Waals surface area (Å²) in [5, 5.41) is 0. The third kappa shape index (κ3) is 0.806. The van der Waals surface area contributed by atoms with Crippen LogP contribution in [0.2, 0.25) is 0 Å². The summed E-state index contributed by atoms with van der Waals surface area (Å²) in [5.74, 6) is 0.552. The van der Waals surface area contributed by atoms with Crippen molar-refractivity contribution in [2.75, 3.05) is 0 Å². The molecule has 2 unspecified atom stereocenters. The molecule has 0 aromatic rings. The predicted octanol–water partition coefficient (Wildman–Crippen LogP) is 2.86. The van der Waals surface area contributed by atoms with Gasteiger partial charge in [0.1, 0.15) is 5.78 Å². The molecular weight excluding hydrogens is 160 g/mol. The van der Waals surface area contributed by atoms with Crippen molar-refractivity contribution in [3.63, 3.8) is 0 Å². The smallest absolute Gasteiger partial charge is 0.143 e. The van der Waals surface area contributed by atoms with Gasteiger partial charge in [0.05, 0.1) is 0 Å². The molecule has 1 heteroatoms. The molecular formula is C12H16O. The molecule has 4 rings (SSSR count). The lowest BCUT2D eigenvalue weighted by Crippen LogP contribution is -2.44. The zero-order valence-electron chi connectivity index (χ0n) is 8.23. The molecule has 13 heavy (non-hydrogen) atoms. The molecule has 0 heterocycles. The van der Waals surface area contributed by atoms with Crippen LogP contribution in [0.4, 0.5) is 0 Å². The zero-order chi connectivity index (χ0) is 9.10. The number of carbonyl (C=O) groups is 1. The highest BCUT2D eigenvalue weighted by molar-refractivity contribution is 5.91. The molecule has 70 valence electrons. The van der Waals surface area contributed by atoms with Crippen LogP contribution in [-0.2, 0) is 4.79 Å². The largest absolute Gasteiger partial charge is 0.299 e. The molecule has 1 spiro atoms. The molecule has 0 aromatic carbocycles. The topological polar surface area (TPSA) is 17.1 Å². The van der Waals surface area contributed by atoms with Crippen molar-refractivity contribution in [1.82, 2.24) is 0 Å². The van der Waals surface area contributed by atoms with Gasteiger partial charge in [-0.2, -0.15) is 0 Å². The Hall–Kier alpha value is -0.590. The molecule has 1 nitrogen and oxygen atoms in total. The van der Waals surface area contributed by atoms with Gasteiger partial charge in [-0.3, -0.25) is 4.79 Å². The second-order valence-electron chi connectivity index (χ2n) is 5.36. The Labute approximate surface area is 79.2 Å². The molecule has 2 atom stereocenters. The minimum absolute atomic E-state index is 0.0533. The lowest BCUT2D eigenvalue weighted by atomic mass is 9.55. The van der Waals surface area contributed by atoms with Crippen LogP contribution in [0.5, 0.6) is 0 Å². The summed E-state index contributed by atoms with van der Waals surface area (Å²) in [6.45, 7) is 2.25. The first-order chi connectivity index (χ1) is 6.15. The van der Waals surface area contributed by atoms with Gasteiger partial charge in [0.15, 0.2) is 0 Å². The van der Waals surface area contributed by atoms with Gasteiger partial charge in [-0.15, -0.1) is 0 Å². The van der Waals surface area contributed by atoms with Gasteiger partial charge in [-0.05, 0) is 37.5 Å². The Morgan fingerprint density at radius 3 is 2.92 bits per heavy atom. The monoisotopic (exact) mass is 176 g/mol. The first-order valence-corrected chi connectivity index (χ1v) is 5.40. The summed E-state index contributed by atoms with van der Waals surface area (Å²) >= 11 is 0. The molecule has 0 radical (unpaired) electrons. The van der Waals surface area contributed by atoms with Crippen LogP contribution in [0.3, 0.4) is 0 Å². The average Bonchev–Trinajstić information content (AvgIpc) is 2.46. The highest BCUT2D eigenvalue weighted by Gasteiger charge is 2.54. The molecule has 2 fully saturated rings. The molecule has 4 aliphatic carbocycles. The highest BCUT2D eigenvalue weighted by Crippen LogP contribution is 2.60. The normalized spacial score (nSPS) is 47.8. The number of hydrogen-bond donors (Lipinski definition) is 0. The van der Waals surface area contributed by atoms with Crippen molar-refractivity contribution in [2.24, 2.45) is 10.8 Å². The van der Waals surface area contributed by atoms with E-state index < -0.39 is 0 Å². The number of rotatable bonds is 0. The Balaban J connectivity index is 2.18. The lowest BCUT2D eigenvalue weighted by Gasteiger charge is -2.47. The summed E-state index contributed by atoms with van der Waals surface area (Å²) in [7, 11) is 0. The van der Waals surface area contributed by atoms with E-state index in [1.165, 1.54) is 24.8 Å². The maximum Gasteiger partial charge on any atom is 0.143 e. The third-order valence-corrected chi connectivity index (χ3v) is 4.41. The van der Waals surface area contributed by atoms with E-state index in [9.17, 15) is 4.79 Å². The Bertz CT molecular complexity index is 315. The Morgan fingerprint density at radius 1 is 1.31 bits per heavy atom. The van der Waals surface area contributed by atoms with E-state index in [-0.39, 0.29) is 10.8 Å². The summed E-state index contributed by atoms with van der Waals surface area (Å²) in [4.78, 5) is 12.0. The maximum atomic E-state index is 12.0. The van der Waals surface area contributed by atoms with Crippen LogP contribution in [0.1, 0.15) is 45.4 Å². The molecule has 0 saturated heterocycles. The lowest BCUT2D eigenvalue weighted by molar-refractivity contribution is -0.133. The maximum absolute atomic E-state index is 12.0. The fourth-order valence-electron chi connectivity index (χ4n) is 3.60. The SMILES string of the molecule is CC12C=C3CCCC3(CC1)C(=O)C2. The standard InChI is InChI=1S/C12H16O/c1-11-5-6-12(10(13)8-11)4-2-3-9(12)7-11/h7H,2-6,8H2,1H3. The number of allylic oxidation sites excluding steroid dienone is 2. The van der Waals surface area contributed by atoms with Gasteiger partial charge in [0.25, 0.3) is 0 Å². The van der Waals surface area contributed by atoms with E-state index in [0.29, 0.717) is 5.78 Å². The fourth-order valence-corrected chi connectivity index (χ4v) is 3.60. The van der Waals surface area contributed by atoms with Crippen LogP contribution in [-0.4, -0.2) is 5.78 Å². The van der Waals surface area contributed by atoms with Crippen molar-refractivity contribution in [3.8, 4) is 0 Å². The molecule has 0 aromatic heterocycles. The van der Waals surface area contributed by atoms with Crippen LogP contribution in [0.25, 0.3) is 0 Å². The first-order valence-electron chi connectivity index (χ1n) is 5.40. The van der Waals surface area contributed by atoms with E-state index in [0.717, 1.165) is 19.3 Å². The van der Waals surface area contributed by atoms with E-state index in [4.69, 9.17) is 0 Å². The average molecular weight is 176 g/mol. The zero-order valence-corrected chi connectivity index (χ0v) is 8.23. The molecule has 4 aliphatic rings. The second kappa shape index (κ2) is 2.08. The van der Waals surface area contributed by atoms with Gasteiger partial charge in [-0.25, -0.2) is 0 Å². The highest BCUT2D eigenvalue weighted by atomic mass is 16.1. The quantitative estimate of drug-likeness (QED) is 0.519. The minimum Gasteiger partial charge on any atom is -0.299 e. The van der Waals surface area contributed by atoms with Crippen LogP contribution in [0, 0.1) is 10.8 Å². The summed E-state index contributed by atoms with van der Waals surface area (Å²) in [6, 6.07) is 0. The number of fused-ring (bicyclic) bond motifs is 2. The number of Topliss-reactive ketones (excluding diaryl/α,β-unsaturated/α-hetero) is 1. The Morgan fingerprint density at radius 2 is 2.15 bits per heavy atom. The second-order valence-corrected chi connectivity index (χ2v) is 5.36. The fraction of sp³-hybridized carbons (Fsp3) is 0.750. The van der Waals surface area contributed by atoms with E-state index in [1.807, 2.05) is 0 Å². The van der Waals surface area contributed by atoms with Gasteiger partial charge in [0.2, 0.25) is 0 Å². The molecule has 0 N–H and O–H groups in total. The van der Waals surface area contributed by atoms with E-state index in [1.54, 1.807) is 0 Å².